The van der Waals surface area contributed by atoms with E-state index in [9.17, 15) is 0 Å². The molecule has 0 saturated carbocycles. The Hall–Kier alpha value is -2.68. The SMILES string of the molecule is CCCCCCCCCCc1cnc(-c2ccc(OCc3ccc(CCCC)cc3)cc2)nc1. The number of benzene rings is 2. The van der Waals surface area contributed by atoms with Crippen molar-refractivity contribution >= 4 is 0 Å². The Morgan fingerprint density at radius 3 is 1.76 bits per heavy atom. The van der Waals surface area contributed by atoms with Gasteiger partial charge in [0.25, 0.3) is 0 Å². The second kappa shape index (κ2) is 15.3. The second-order valence-electron chi connectivity index (χ2n) is 9.37. The van der Waals surface area contributed by atoms with Gasteiger partial charge in [-0.15, -0.1) is 0 Å². The maximum absolute atomic E-state index is 5.97. The topological polar surface area (TPSA) is 35.0 Å². The molecule has 0 radical (unpaired) electrons. The molecular weight excluding hydrogens is 416 g/mol. The van der Waals surface area contributed by atoms with Crippen LogP contribution >= 0.6 is 0 Å². The summed E-state index contributed by atoms with van der Waals surface area (Å²) >= 11 is 0. The van der Waals surface area contributed by atoms with Crippen LogP contribution in [0.15, 0.2) is 60.9 Å². The summed E-state index contributed by atoms with van der Waals surface area (Å²) in [5, 5.41) is 0. The smallest absolute Gasteiger partial charge is 0.159 e. The monoisotopic (exact) mass is 458 g/mol. The first-order valence-electron chi connectivity index (χ1n) is 13.4. The quantitative estimate of drug-likeness (QED) is 0.201. The van der Waals surface area contributed by atoms with Crippen LogP contribution in [-0.2, 0) is 19.4 Å². The average Bonchev–Trinajstić information content (AvgIpc) is 2.89. The van der Waals surface area contributed by atoms with Crippen LogP contribution < -0.4 is 4.74 Å². The molecule has 182 valence electrons. The van der Waals surface area contributed by atoms with E-state index in [-0.39, 0.29) is 0 Å². The van der Waals surface area contributed by atoms with E-state index in [0.717, 1.165) is 30.0 Å². The summed E-state index contributed by atoms with van der Waals surface area (Å²) in [6.45, 7) is 5.08. The second-order valence-corrected chi connectivity index (χ2v) is 9.37. The third-order valence-electron chi connectivity index (χ3n) is 6.38. The summed E-state index contributed by atoms with van der Waals surface area (Å²) < 4.78 is 5.97. The molecule has 0 aliphatic heterocycles. The van der Waals surface area contributed by atoms with Crippen molar-refractivity contribution in [2.24, 2.45) is 0 Å². The highest BCUT2D eigenvalue weighted by Crippen LogP contribution is 2.21. The number of hydrogen-bond donors (Lipinski definition) is 0. The van der Waals surface area contributed by atoms with Gasteiger partial charge in [-0.3, -0.25) is 0 Å². The summed E-state index contributed by atoms with van der Waals surface area (Å²) in [4.78, 5) is 9.20. The molecule has 0 aliphatic carbocycles. The molecule has 0 bridgehead atoms. The summed E-state index contributed by atoms with van der Waals surface area (Å²) in [5.74, 6) is 1.64. The lowest BCUT2D eigenvalue weighted by molar-refractivity contribution is 0.306. The summed E-state index contributed by atoms with van der Waals surface area (Å²) in [6.07, 6.45) is 19.4. The third-order valence-corrected chi connectivity index (χ3v) is 6.38. The third kappa shape index (κ3) is 9.29. The van der Waals surface area contributed by atoms with E-state index in [1.54, 1.807) is 0 Å². The van der Waals surface area contributed by atoms with Gasteiger partial charge in [0.05, 0.1) is 0 Å². The van der Waals surface area contributed by atoms with E-state index in [4.69, 9.17) is 4.74 Å². The molecule has 0 N–H and O–H groups in total. The van der Waals surface area contributed by atoms with Crippen LogP contribution in [0.25, 0.3) is 11.4 Å². The zero-order chi connectivity index (χ0) is 23.8. The Balaban J connectivity index is 1.39. The fourth-order valence-electron chi connectivity index (χ4n) is 4.15. The van der Waals surface area contributed by atoms with Gasteiger partial charge in [-0.05, 0) is 66.6 Å². The molecular formula is C31H42N2O. The molecule has 0 atom stereocenters. The minimum atomic E-state index is 0.581. The number of nitrogens with zero attached hydrogens (tertiary/aromatic N) is 2. The van der Waals surface area contributed by atoms with Crippen LogP contribution in [0, 0.1) is 0 Å². The van der Waals surface area contributed by atoms with E-state index in [1.165, 1.54) is 80.9 Å². The zero-order valence-electron chi connectivity index (χ0n) is 21.3. The number of unbranched alkanes of at least 4 members (excludes halogenated alkanes) is 8. The van der Waals surface area contributed by atoms with Crippen LogP contribution in [0.4, 0.5) is 0 Å². The molecule has 0 fully saturated rings. The van der Waals surface area contributed by atoms with Gasteiger partial charge in [0.1, 0.15) is 12.4 Å². The van der Waals surface area contributed by atoms with Crippen LogP contribution in [0.1, 0.15) is 94.7 Å². The van der Waals surface area contributed by atoms with Crippen molar-refractivity contribution in [1.82, 2.24) is 9.97 Å². The predicted molar refractivity (Wildman–Crippen MR) is 143 cm³/mol. The van der Waals surface area contributed by atoms with Crippen LogP contribution in [0.5, 0.6) is 5.75 Å². The molecule has 3 aromatic rings. The van der Waals surface area contributed by atoms with Crippen molar-refractivity contribution in [3.8, 4) is 17.1 Å². The highest BCUT2D eigenvalue weighted by atomic mass is 16.5. The standard InChI is InChI=1S/C31H42N2O/c1-3-5-7-8-9-10-11-12-14-28-23-32-31(33-24-28)29-19-21-30(22-20-29)34-25-27-17-15-26(16-18-27)13-6-4-2/h15-24H,3-14,25H2,1-2H3. The first-order valence-corrected chi connectivity index (χ1v) is 13.4. The molecule has 3 heteroatoms. The van der Waals surface area contributed by atoms with Crippen molar-refractivity contribution in [3.05, 3.63) is 77.6 Å². The predicted octanol–water partition coefficient (Wildman–Crippen LogP) is 8.75. The minimum Gasteiger partial charge on any atom is -0.489 e. The molecule has 1 aromatic heterocycles. The molecule has 0 unspecified atom stereocenters. The maximum Gasteiger partial charge on any atom is 0.159 e. The molecule has 0 saturated heterocycles. The molecule has 34 heavy (non-hydrogen) atoms. The fourth-order valence-corrected chi connectivity index (χ4v) is 4.15. The van der Waals surface area contributed by atoms with Gasteiger partial charge in [-0.2, -0.15) is 0 Å². The Bertz CT molecular complexity index is 917. The van der Waals surface area contributed by atoms with Gasteiger partial charge in [-0.1, -0.05) is 89.5 Å². The van der Waals surface area contributed by atoms with Crippen molar-refractivity contribution in [2.45, 2.75) is 97.5 Å². The van der Waals surface area contributed by atoms with Crippen LogP contribution in [0.3, 0.4) is 0 Å². The van der Waals surface area contributed by atoms with Gasteiger partial charge in [-0.25, -0.2) is 9.97 Å². The zero-order valence-corrected chi connectivity index (χ0v) is 21.3. The summed E-state index contributed by atoms with van der Waals surface area (Å²) in [7, 11) is 0. The lowest BCUT2D eigenvalue weighted by Crippen LogP contribution is -1.96. The van der Waals surface area contributed by atoms with Gasteiger partial charge in [0, 0.05) is 18.0 Å². The Kier molecular flexibility index (Phi) is 11.6. The van der Waals surface area contributed by atoms with Crippen molar-refractivity contribution in [2.75, 3.05) is 0 Å². The van der Waals surface area contributed by atoms with E-state index >= 15 is 0 Å². The normalized spacial score (nSPS) is 11.0. The van der Waals surface area contributed by atoms with Gasteiger partial charge >= 0.3 is 0 Å². The van der Waals surface area contributed by atoms with E-state index in [0.29, 0.717) is 6.61 Å². The van der Waals surface area contributed by atoms with E-state index in [2.05, 4.69) is 48.1 Å². The Morgan fingerprint density at radius 2 is 1.12 bits per heavy atom. The molecule has 1 heterocycles. The summed E-state index contributed by atoms with van der Waals surface area (Å²) in [5.41, 5.74) is 4.85. The lowest BCUT2D eigenvalue weighted by Gasteiger charge is -2.08. The number of hydrogen-bond acceptors (Lipinski definition) is 3. The minimum absolute atomic E-state index is 0.581. The molecule has 3 nitrogen and oxygen atoms in total. The highest BCUT2D eigenvalue weighted by molar-refractivity contribution is 5.55. The van der Waals surface area contributed by atoms with E-state index in [1.807, 2.05) is 36.7 Å². The number of aryl methyl sites for hydroxylation is 2. The fraction of sp³-hybridized carbons (Fsp3) is 0.484. The molecule has 3 rings (SSSR count). The van der Waals surface area contributed by atoms with Crippen LogP contribution in [-0.4, -0.2) is 9.97 Å². The first-order chi connectivity index (χ1) is 16.8. The summed E-state index contributed by atoms with van der Waals surface area (Å²) in [6, 6.07) is 16.9. The van der Waals surface area contributed by atoms with Gasteiger partial charge < -0.3 is 4.74 Å². The first kappa shape index (κ1) is 25.9. The number of ether oxygens (including phenoxy) is 1. The maximum atomic E-state index is 5.97. The van der Waals surface area contributed by atoms with Gasteiger partial charge in [0.2, 0.25) is 0 Å². The number of rotatable bonds is 16. The molecule has 0 aliphatic rings. The molecule has 2 aromatic carbocycles. The van der Waals surface area contributed by atoms with Crippen molar-refractivity contribution in [3.63, 3.8) is 0 Å². The molecule has 0 spiro atoms. The van der Waals surface area contributed by atoms with Crippen molar-refractivity contribution in [1.29, 1.82) is 0 Å². The number of aromatic nitrogens is 2. The average molecular weight is 459 g/mol. The Labute approximate surface area is 207 Å². The van der Waals surface area contributed by atoms with Crippen LogP contribution in [0.2, 0.25) is 0 Å². The Morgan fingerprint density at radius 1 is 0.559 bits per heavy atom. The van der Waals surface area contributed by atoms with Crippen molar-refractivity contribution < 1.29 is 4.74 Å². The van der Waals surface area contributed by atoms with Gasteiger partial charge in [0.15, 0.2) is 5.82 Å². The van der Waals surface area contributed by atoms with E-state index < -0.39 is 0 Å². The molecule has 0 amide bonds. The lowest BCUT2D eigenvalue weighted by atomic mass is 10.1. The highest BCUT2D eigenvalue weighted by Gasteiger charge is 2.04. The largest absolute Gasteiger partial charge is 0.489 e.